The first-order valence-electron chi connectivity index (χ1n) is 12.1. The lowest BCUT2D eigenvalue weighted by Gasteiger charge is -2.34. The van der Waals surface area contributed by atoms with E-state index in [4.69, 9.17) is 14.7 Å². The van der Waals surface area contributed by atoms with E-state index in [9.17, 15) is 18.4 Å². The number of aromatic amines is 1. The lowest BCUT2D eigenvalue weighted by Crippen LogP contribution is -2.41. The van der Waals surface area contributed by atoms with Gasteiger partial charge in [0.1, 0.15) is 29.6 Å². The number of carbonyl (C=O) groups is 2. The predicted molar refractivity (Wildman–Crippen MR) is 138 cm³/mol. The highest BCUT2D eigenvalue weighted by atomic mass is 19.3. The van der Waals surface area contributed by atoms with Crippen LogP contribution in [0.3, 0.4) is 0 Å². The summed E-state index contributed by atoms with van der Waals surface area (Å²) >= 11 is 0. The van der Waals surface area contributed by atoms with Crippen LogP contribution in [-0.4, -0.2) is 73.0 Å². The SMILES string of the molecule is CN(C)/C=C(\C#N)C=O.Cc1cc2cc(OCC(F)F)c(C3CCN(C(=O)OC(C)(C)C)CC3)cc2[nH]1. The Kier molecular flexibility index (Phi) is 10.5. The summed E-state index contributed by atoms with van der Waals surface area (Å²) in [6.07, 6.45) is 0.624. The zero-order chi connectivity index (χ0) is 27.8. The number of likely N-dealkylation sites (tertiary alicyclic amines) is 1. The minimum atomic E-state index is -2.52. The molecule has 2 aromatic rings. The number of benzene rings is 1. The molecule has 0 unspecified atom stereocenters. The topological polar surface area (TPSA) is 98.7 Å². The number of aldehydes is 1. The van der Waals surface area contributed by atoms with Gasteiger partial charge in [-0.15, -0.1) is 0 Å². The number of nitriles is 1. The van der Waals surface area contributed by atoms with E-state index in [1.54, 1.807) is 30.0 Å². The molecule has 0 saturated carbocycles. The van der Waals surface area contributed by atoms with Crippen molar-refractivity contribution in [1.82, 2.24) is 14.8 Å². The molecule has 1 aromatic heterocycles. The molecule has 3 rings (SSSR count). The number of rotatable bonds is 6. The Morgan fingerprint density at radius 1 is 1.27 bits per heavy atom. The molecule has 1 aliphatic rings. The van der Waals surface area contributed by atoms with Gasteiger partial charge in [0.25, 0.3) is 6.43 Å². The van der Waals surface area contributed by atoms with Gasteiger partial charge in [-0.1, -0.05) is 0 Å². The van der Waals surface area contributed by atoms with E-state index >= 15 is 0 Å². The van der Waals surface area contributed by atoms with Gasteiger partial charge in [0, 0.05) is 50.0 Å². The molecule has 1 amide bonds. The van der Waals surface area contributed by atoms with E-state index in [1.165, 1.54) is 6.20 Å². The highest BCUT2D eigenvalue weighted by Gasteiger charge is 2.29. The maximum atomic E-state index is 12.7. The summed E-state index contributed by atoms with van der Waals surface area (Å²) in [4.78, 5) is 28.9. The smallest absolute Gasteiger partial charge is 0.410 e. The van der Waals surface area contributed by atoms with Gasteiger partial charge in [-0.25, -0.2) is 13.6 Å². The van der Waals surface area contributed by atoms with Crippen molar-refractivity contribution < 1.29 is 27.8 Å². The molecule has 2 heterocycles. The Morgan fingerprint density at radius 3 is 2.41 bits per heavy atom. The van der Waals surface area contributed by atoms with Gasteiger partial charge in [-0.2, -0.15) is 5.26 Å². The number of hydrogen-bond donors (Lipinski definition) is 1. The molecule has 0 bridgehead atoms. The molecule has 10 heteroatoms. The molecule has 1 aromatic carbocycles. The molecule has 1 aliphatic heterocycles. The molecular weight excluding hydrogens is 482 g/mol. The second-order valence-corrected chi connectivity index (χ2v) is 10.2. The number of aromatic nitrogens is 1. The molecule has 202 valence electrons. The third-order valence-electron chi connectivity index (χ3n) is 5.49. The van der Waals surface area contributed by atoms with Gasteiger partial charge in [-0.3, -0.25) is 4.79 Å². The van der Waals surface area contributed by atoms with E-state index in [-0.39, 0.29) is 17.6 Å². The van der Waals surface area contributed by atoms with Crippen LogP contribution in [0.4, 0.5) is 13.6 Å². The third kappa shape index (κ3) is 9.41. The number of alkyl halides is 2. The summed E-state index contributed by atoms with van der Waals surface area (Å²) in [5.41, 5.74) is 2.50. The van der Waals surface area contributed by atoms with Gasteiger partial charge in [0.05, 0.1) is 0 Å². The van der Waals surface area contributed by atoms with E-state index in [1.807, 2.05) is 45.9 Å². The zero-order valence-electron chi connectivity index (χ0n) is 22.3. The van der Waals surface area contributed by atoms with Crippen LogP contribution in [0, 0.1) is 18.3 Å². The van der Waals surface area contributed by atoms with Gasteiger partial charge >= 0.3 is 6.09 Å². The van der Waals surface area contributed by atoms with E-state index in [2.05, 4.69) is 4.98 Å². The number of hydrogen-bond acceptors (Lipinski definition) is 6. The zero-order valence-corrected chi connectivity index (χ0v) is 22.3. The standard InChI is InChI=1S/C21H28F2N2O3.C6H8N2O/c1-13-9-15-10-18(27-12-19(22)23)16(11-17(15)24-13)14-5-7-25(8-6-14)20(26)28-21(2,3)4;1-8(2)4-6(3-7)5-9/h9-11,14,19,24H,5-8,12H2,1-4H3;4-5H,1-2H3/b;6-4+. The fraction of sp³-hybridized carbons (Fsp3) is 0.519. The van der Waals surface area contributed by atoms with Crippen LogP contribution in [0.5, 0.6) is 5.75 Å². The first-order chi connectivity index (χ1) is 17.3. The lowest BCUT2D eigenvalue weighted by atomic mass is 9.88. The van der Waals surface area contributed by atoms with Crippen molar-refractivity contribution in [2.75, 3.05) is 33.8 Å². The van der Waals surface area contributed by atoms with Crippen molar-refractivity contribution in [3.8, 4) is 11.8 Å². The monoisotopic (exact) mass is 518 g/mol. The van der Waals surface area contributed by atoms with Crippen LogP contribution in [0.15, 0.2) is 30.0 Å². The largest absolute Gasteiger partial charge is 0.487 e. The molecule has 8 nitrogen and oxygen atoms in total. The summed E-state index contributed by atoms with van der Waals surface area (Å²) in [5, 5.41) is 9.14. The van der Waals surface area contributed by atoms with Crippen LogP contribution >= 0.6 is 0 Å². The van der Waals surface area contributed by atoms with Gasteiger partial charge in [-0.05, 0) is 70.2 Å². The maximum absolute atomic E-state index is 12.7. The number of carbonyl (C=O) groups excluding carboxylic acids is 2. The quantitative estimate of drug-likeness (QED) is 0.313. The van der Waals surface area contributed by atoms with E-state index in [0.717, 1.165) is 35.0 Å². The second-order valence-electron chi connectivity index (χ2n) is 10.2. The molecule has 0 radical (unpaired) electrons. The van der Waals surface area contributed by atoms with Crippen molar-refractivity contribution in [2.45, 2.75) is 58.5 Å². The number of allylic oxidation sites excluding steroid dienone is 1. The number of ether oxygens (including phenoxy) is 2. The Balaban J connectivity index is 0.000000458. The number of amides is 1. The summed E-state index contributed by atoms with van der Waals surface area (Å²) < 4.78 is 36.3. The average Bonchev–Trinajstić information content (AvgIpc) is 3.18. The fourth-order valence-corrected chi connectivity index (χ4v) is 3.98. The first-order valence-corrected chi connectivity index (χ1v) is 12.1. The highest BCUT2D eigenvalue weighted by Crippen LogP contribution is 2.37. The molecule has 0 spiro atoms. The number of halogens is 2. The van der Waals surface area contributed by atoms with Crippen LogP contribution in [0.2, 0.25) is 0 Å². The van der Waals surface area contributed by atoms with E-state index < -0.39 is 18.6 Å². The van der Waals surface area contributed by atoms with Crippen LogP contribution < -0.4 is 4.74 Å². The molecule has 37 heavy (non-hydrogen) atoms. The minimum Gasteiger partial charge on any atom is -0.487 e. The summed E-state index contributed by atoms with van der Waals surface area (Å²) in [5.74, 6) is 0.641. The Labute approximate surface area is 216 Å². The van der Waals surface area contributed by atoms with Gasteiger partial charge in [0.15, 0.2) is 6.29 Å². The maximum Gasteiger partial charge on any atom is 0.410 e. The van der Waals surface area contributed by atoms with Crippen LogP contribution in [0.1, 0.15) is 50.8 Å². The second kappa shape index (κ2) is 13.1. The number of nitrogens with one attached hydrogen (secondary N) is 1. The van der Waals surface area contributed by atoms with Crippen molar-refractivity contribution in [2.24, 2.45) is 0 Å². The number of nitrogens with zero attached hydrogens (tertiary/aromatic N) is 3. The molecule has 0 atom stereocenters. The number of piperidine rings is 1. The third-order valence-corrected chi connectivity index (χ3v) is 5.49. The first kappa shape index (κ1) is 29.6. The number of fused-ring (bicyclic) bond motifs is 1. The predicted octanol–water partition coefficient (Wildman–Crippen LogP) is 5.39. The average molecular weight is 519 g/mol. The molecule has 1 saturated heterocycles. The Morgan fingerprint density at radius 2 is 1.92 bits per heavy atom. The Hall–Kier alpha value is -3.61. The summed E-state index contributed by atoms with van der Waals surface area (Å²) in [6, 6.07) is 7.53. The van der Waals surface area contributed by atoms with Crippen LogP contribution in [-0.2, 0) is 9.53 Å². The number of aryl methyl sites for hydroxylation is 1. The molecule has 1 fully saturated rings. The Bertz CT molecular complexity index is 1140. The molecule has 0 aliphatic carbocycles. The fourth-order valence-electron chi connectivity index (χ4n) is 3.98. The van der Waals surface area contributed by atoms with Crippen molar-refractivity contribution in [1.29, 1.82) is 5.26 Å². The van der Waals surface area contributed by atoms with Crippen molar-refractivity contribution in [3.05, 3.63) is 41.2 Å². The lowest BCUT2D eigenvalue weighted by molar-refractivity contribution is -0.104. The normalized spacial score (nSPS) is 14.6. The van der Waals surface area contributed by atoms with Crippen molar-refractivity contribution >= 4 is 23.3 Å². The summed E-state index contributed by atoms with van der Waals surface area (Å²) in [7, 11) is 3.50. The van der Waals surface area contributed by atoms with E-state index in [0.29, 0.717) is 25.1 Å². The number of H-pyrrole nitrogens is 1. The minimum absolute atomic E-state index is 0.138. The highest BCUT2D eigenvalue weighted by molar-refractivity contribution is 5.83. The van der Waals surface area contributed by atoms with Gasteiger partial charge in [0.2, 0.25) is 0 Å². The summed E-state index contributed by atoms with van der Waals surface area (Å²) in [6.45, 7) is 8.00. The van der Waals surface area contributed by atoms with Crippen LogP contribution in [0.25, 0.3) is 10.9 Å². The van der Waals surface area contributed by atoms with Crippen molar-refractivity contribution in [3.63, 3.8) is 0 Å². The molecular formula is C27H36F2N4O4. The molecule has 1 N–H and O–H groups in total. The van der Waals surface area contributed by atoms with Gasteiger partial charge < -0.3 is 24.3 Å².